The molecule has 33 heavy (non-hydrogen) atoms. The van der Waals surface area contributed by atoms with Crippen molar-refractivity contribution in [3.63, 3.8) is 0 Å². The molecule has 3 atom stereocenters. The van der Waals surface area contributed by atoms with Gasteiger partial charge in [0.15, 0.2) is 0 Å². The summed E-state index contributed by atoms with van der Waals surface area (Å²) < 4.78 is 7.53. The van der Waals surface area contributed by atoms with Crippen LogP contribution in [0.1, 0.15) is 77.6 Å². The molecule has 3 rings (SSSR count). The number of anilines is 2. The Bertz CT molecular complexity index is 966. The van der Waals surface area contributed by atoms with E-state index in [2.05, 4.69) is 41.4 Å². The number of hydrogen-bond acceptors (Lipinski definition) is 7. The van der Waals surface area contributed by atoms with Crippen molar-refractivity contribution in [2.45, 2.75) is 90.3 Å². The van der Waals surface area contributed by atoms with Crippen LogP contribution in [-0.2, 0) is 21.5 Å². The predicted molar refractivity (Wildman–Crippen MR) is 124 cm³/mol. The van der Waals surface area contributed by atoms with Gasteiger partial charge in [-0.05, 0) is 53.4 Å². The molecular weight excluding hydrogens is 424 g/mol. The van der Waals surface area contributed by atoms with E-state index in [4.69, 9.17) is 14.9 Å². The molecule has 1 aliphatic rings. The van der Waals surface area contributed by atoms with E-state index in [1.165, 1.54) is 12.4 Å². The van der Waals surface area contributed by atoms with Crippen molar-refractivity contribution in [1.82, 2.24) is 25.1 Å². The molecule has 0 spiro atoms. The lowest BCUT2D eigenvalue weighted by Gasteiger charge is -2.22. The molecule has 2 aromatic heterocycles. The lowest BCUT2D eigenvalue weighted by molar-refractivity contribution is -0.136. The molecule has 2 aromatic rings. The van der Waals surface area contributed by atoms with Crippen molar-refractivity contribution in [2.75, 3.05) is 5.32 Å². The van der Waals surface area contributed by atoms with E-state index < -0.39 is 5.97 Å². The molecule has 1 aliphatic carbocycles. The van der Waals surface area contributed by atoms with Crippen LogP contribution in [0.25, 0.3) is 0 Å². The monoisotopic (exact) mass is 458 g/mol. The second-order valence-corrected chi connectivity index (χ2v) is 9.62. The number of aromatic nitrogens is 4. The standard InChI is InChI=1S/C23H34N6O4/c1-6-14(2)26-22(32)33-17-8-7-15(9-17)18-11-20(29(28-18)23(3,4)5)27-19-13-24-16(12-25-19)10-21(30)31/h11-15,17H,6-10H2,1-5H3,(H,25,27)(H,26,32)(H,30,31)/t14-,15-,17+/m0/s1. The summed E-state index contributed by atoms with van der Waals surface area (Å²) >= 11 is 0. The third-order valence-electron chi connectivity index (χ3n) is 5.71. The van der Waals surface area contributed by atoms with Gasteiger partial charge in [-0.1, -0.05) is 6.92 Å². The van der Waals surface area contributed by atoms with Gasteiger partial charge in [-0.15, -0.1) is 0 Å². The molecule has 3 N–H and O–H groups in total. The average Bonchev–Trinajstić information content (AvgIpc) is 3.35. The van der Waals surface area contributed by atoms with Gasteiger partial charge in [0.25, 0.3) is 0 Å². The summed E-state index contributed by atoms with van der Waals surface area (Å²) in [5.74, 6) is 0.531. The smallest absolute Gasteiger partial charge is 0.407 e. The topological polar surface area (TPSA) is 131 Å². The summed E-state index contributed by atoms with van der Waals surface area (Å²) in [4.78, 5) is 31.4. The van der Waals surface area contributed by atoms with Gasteiger partial charge in [-0.25, -0.2) is 14.5 Å². The first kappa shape index (κ1) is 24.5. The van der Waals surface area contributed by atoms with Crippen molar-refractivity contribution in [3.05, 3.63) is 29.8 Å². The number of alkyl carbamates (subject to hydrolysis) is 1. The largest absolute Gasteiger partial charge is 0.481 e. The number of amides is 1. The Morgan fingerprint density at radius 1 is 1.27 bits per heavy atom. The zero-order valence-corrected chi connectivity index (χ0v) is 20.0. The SMILES string of the molecule is CC[C@H](C)NC(=O)O[C@@H]1CC[C@H](c2cc(Nc3cnc(CC(=O)O)cn3)n(C(C)(C)C)n2)C1. The molecule has 1 amide bonds. The van der Waals surface area contributed by atoms with Gasteiger partial charge < -0.3 is 20.5 Å². The van der Waals surface area contributed by atoms with Crippen molar-refractivity contribution < 1.29 is 19.4 Å². The minimum atomic E-state index is -0.948. The maximum atomic E-state index is 12.1. The van der Waals surface area contributed by atoms with Crippen LogP contribution in [0.3, 0.4) is 0 Å². The number of nitrogens with zero attached hydrogens (tertiary/aromatic N) is 4. The average molecular weight is 459 g/mol. The Morgan fingerprint density at radius 2 is 2.03 bits per heavy atom. The summed E-state index contributed by atoms with van der Waals surface area (Å²) in [6.07, 6.45) is 5.62. The summed E-state index contributed by atoms with van der Waals surface area (Å²) in [6.45, 7) is 10.2. The summed E-state index contributed by atoms with van der Waals surface area (Å²) in [6, 6.07) is 2.09. The van der Waals surface area contributed by atoms with Crippen LogP contribution in [0.15, 0.2) is 18.5 Å². The molecule has 1 fully saturated rings. The maximum absolute atomic E-state index is 12.1. The number of carboxylic acid groups (broad SMARTS) is 1. The van der Waals surface area contributed by atoms with Crippen molar-refractivity contribution in [3.8, 4) is 0 Å². The molecule has 0 bridgehead atoms. The first-order chi connectivity index (χ1) is 15.5. The summed E-state index contributed by atoms with van der Waals surface area (Å²) in [7, 11) is 0. The molecular formula is C23H34N6O4. The predicted octanol–water partition coefficient (Wildman–Crippen LogP) is 3.96. The van der Waals surface area contributed by atoms with Crippen LogP contribution in [0.2, 0.25) is 0 Å². The second kappa shape index (κ2) is 10.2. The number of carbonyl (C=O) groups excluding carboxylic acids is 1. The van der Waals surface area contributed by atoms with Crippen LogP contribution >= 0.6 is 0 Å². The van der Waals surface area contributed by atoms with Gasteiger partial charge in [-0.3, -0.25) is 9.78 Å². The van der Waals surface area contributed by atoms with Crippen molar-refractivity contribution in [1.29, 1.82) is 0 Å². The van der Waals surface area contributed by atoms with Gasteiger partial charge in [0, 0.05) is 18.0 Å². The molecule has 10 nitrogen and oxygen atoms in total. The zero-order chi connectivity index (χ0) is 24.2. The van der Waals surface area contributed by atoms with Crippen LogP contribution in [0, 0.1) is 0 Å². The fourth-order valence-electron chi connectivity index (χ4n) is 3.80. The van der Waals surface area contributed by atoms with Crippen LogP contribution in [-0.4, -0.2) is 49.1 Å². The maximum Gasteiger partial charge on any atom is 0.407 e. The van der Waals surface area contributed by atoms with Crippen molar-refractivity contribution >= 4 is 23.7 Å². The molecule has 1 saturated carbocycles. The number of carboxylic acids is 1. The highest BCUT2D eigenvalue weighted by Crippen LogP contribution is 2.37. The Kier molecular flexibility index (Phi) is 7.55. The Morgan fingerprint density at radius 3 is 2.64 bits per heavy atom. The summed E-state index contributed by atoms with van der Waals surface area (Å²) in [5.41, 5.74) is 1.06. The normalized spacial score (nSPS) is 19.2. The molecule has 180 valence electrons. The fourth-order valence-corrected chi connectivity index (χ4v) is 3.80. The molecule has 0 unspecified atom stereocenters. The minimum absolute atomic E-state index is 0.0899. The van der Waals surface area contributed by atoms with Crippen molar-refractivity contribution in [2.24, 2.45) is 0 Å². The van der Waals surface area contributed by atoms with Crippen LogP contribution < -0.4 is 10.6 Å². The van der Waals surface area contributed by atoms with Gasteiger partial charge >= 0.3 is 12.1 Å². The van der Waals surface area contributed by atoms with E-state index in [-0.39, 0.29) is 36.1 Å². The Balaban J connectivity index is 1.70. The molecule has 0 aromatic carbocycles. The highest BCUT2D eigenvalue weighted by Gasteiger charge is 2.32. The third kappa shape index (κ3) is 6.66. The fraction of sp³-hybridized carbons (Fsp3) is 0.609. The highest BCUT2D eigenvalue weighted by molar-refractivity contribution is 5.69. The van der Waals surface area contributed by atoms with E-state index in [1.807, 2.05) is 24.6 Å². The number of aliphatic carboxylic acids is 1. The van der Waals surface area contributed by atoms with E-state index >= 15 is 0 Å². The molecule has 0 radical (unpaired) electrons. The van der Waals surface area contributed by atoms with Crippen LogP contribution in [0.4, 0.5) is 16.4 Å². The van der Waals surface area contributed by atoms with E-state index in [1.54, 1.807) is 0 Å². The first-order valence-electron chi connectivity index (χ1n) is 11.4. The van der Waals surface area contributed by atoms with Gasteiger partial charge in [0.1, 0.15) is 17.7 Å². The van der Waals surface area contributed by atoms with Gasteiger partial charge in [0.2, 0.25) is 0 Å². The third-order valence-corrected chi connectivity index (χ3v) is 5.71. The lowest BCUT2D eigenvalue weighted by atomic mass is 10.0. The quantitative estimate of drug-likeness (QED) is 0.542. The van der Waals surface area contributed by atoms with Gasteiger partial charge in [-0.2, -0.15) is 5.10 Å². The molecule has 0 aliphatic heterocycles. The Labute approximate surface area is 194 Å². The number of hydrogen-bond donors (Lipinski definition) is 3. The van der Waals surface area contributed by atoms with E-state index in [0.29, 0.717) is 11.5 Å². The molecule has 0 saturated heterocycles. The number of ether oxygens (including phenoxy) is 1. The number of carbonyl (C=O) groups is 2. The molecule has 10 heteroatoms. The van der Waals surface area contributed by atoms with Crippen LogP contribution in [0.5, 0.6) is 0 Å². The Hall–Kier alpha value is -3.17. The first-order valence-corrected chi connectivity index (χ1v) is 11.4. The number of nitrogens with one attached hydrogen (secondary N) is 2. The minimum Gasteiger partial charge on any atom is -0.481 e. The second-order valence-electron chi connectivity index (χ2n) is 9.62. The van der Waals surface area contributed by atoms with Gasteiger partial charge in [0.05, 0.1) is 35.7 Å². The van der Waals surface area contributed by atoms with E-state index in [9.17, 15) is 9.59 Å². The molecule has 2 heterocycles. The number of rotatable bonds is 8. The summed E-state index contributed by atoms with van der Waals surface area (Å²) in [5, 5.41) is 19.9. The zero-order valence-electron chi connectivity index (χ0n) is 20.0. The highest BCUT2D eigenvalue weighted by atomic mass is 16.6. The lowest BCUT2D eigenvalue weighted by Crippen LogP contribution is -2.34. The van der Waals surface area contributed by atoms with E-state index in [0.717, 1.165) is 37.2 Å².